The van der Waals surface area contributed by atoms with Crippen LogP contribution in [0.3, 0.4) is 0 Å². The van der Waals surface area contributed by atoms with Gasteiger partial charge in [0.1, 0.15) is 6.07 Å². The van der Waals surface area contributed by atoms with E-state index in [4.69, 9.17) is 5.26 Å². The summed E-state index contributed by atoms with van der Waals surface area (Å²) in [6.45, 7) is 1.32. The fourth-order valence-corrected chi connectivity index (χ4v) is 0.310. The summed E-state index contributed by atoms with van der Waals surface area (Å²) in [6.07, 6.45) is -0.880. The summed E-state index contributed by atoms with van der Waals surface area (Å²) >= 11 is 0. The topological polar surface area (TPSA) is 50.1 Å². The van der Waals surface area contributed by atoms with Crippen LogP contribution in [-0.2, 0) is 9.53 Å². The molecule has 0 unspecified atom stereocenters. The summed E-state index contributed by atoms with van der Waals surface area (Å²) in [6, 6.07) is 1.68. The number of carbonyl (C=O) groups is 1. The lowest BCUT2D eigenvalue weighted by Gasteiger charge is -1.97. The minimum Gasteiger partial charge on any atom is -0.359 e. The van der Waals surface area contributed by atoms with Gasteiger partial charge in [0.15, 0.2) is 5.78 Å². The van der Waals surface area contributed by atoms with E-state index in [1.165, 1.54) is 14.0 Å². The molecule has 0 bridgehead atoms. The van der Waals surface area contributed by atoms with Crippen molar-refractivity contribution in [2.75, 3.05) is 7.11 Å². The number of ether oxygens (including phenoxy) is 1. The van der Waals surface area contributed by atoms with E-state index in [1.54, 1.807) is 6.07 Å². The number of Topliss-reactive ketones (excluding diaryl/α,β-unsaturated/α-hetero) is 1. The molecule has 0 N–H and O–H groups in total. The van der Waals surface area contributed by atoms with Gasteiger partial charge in [-0.05, 0) is 6.92 Å². The van der Waals surface area contributed by atoms with Gasteiger partial charge in [0.25, 0.3) is 0 Å². The quantitative estimate of drug-likeness (QED) is 0.510. The van der Waals surface area contributed by atoms with Crippen LogP contribution in [0, 0.1) is 11.3 Å². The van der Waals surface area contributed by atoms with Crippen molar-refractivity contribution >= 4 is 5.78 Å². The Hall–Kier alpha value is -0.880. The van der Waals surface area contributed by atoms with E-state index in [9.17, 15) is 4.79 Å². The highest BCUT2D eigenvalue weighted by Crippen LogP contribution is 1.86. The Bertz CT molecular complexity index is 125. The maximum absolute atomic E-state index is 10.3. The molecular weight excluding hydrogens is 106 g/mol. The second kappa shape index (κ2) is 3.16. The van der Waals surface area contributed by atoms with Crippen LogP contribution in [0.15, 0.2) is 0 Å². The third-order valence-corrected chi connectivity index (χ3v) is 0.722. The van der Waals surface area contributed by atoms with Crippen molar-refractivity contribution in [3.8, 4) is 6.07 Å². The van der Waals surface area contributed by atoms with Crippen LogP contribution in [0.25, 0.3) is 0 Å². The summed E-state index contributed by atoms with van der Waals surface area (Å²) in [5.74, 6) is -0.255. The molecule has 0 saturated heterocycles. The second-order valence-electron chi connectivity index (χ2n) is 1.36. The van der Waals surface area contributed by atoms with Crippen LogP contribution in [-0.4, -0.2) is 19.0 Å². The molecule has 3 heteroatoms. The van der Waals surface area contributed by atoms with Crippen LogP contribution in [0.1, 0.15) is 6.92 Å². The summed E-state index contributed by atoms with van der Waals surface area (Å²) in [7, 11) is 1.33. The van der Waals surface area contributed by atoms with Crippen molar-refractivity contribution in [2.45, 2.75) is 13.0 Å². The lowest BCUT2D eigenvalue weighted by atomic mass is 10.3. The normalized spacial score (nSPS) is 12.1. The molecule has 1 atom stereocenters. The van der Waals surface area contributed by atoms with Crippen LogP contribution >= 0.6 is 0 Å². The van der Waals surface area contributed by atoms with E-state index in [0.29, 0.717) is 0 Å². The minimum absolute atomic E-state index is 0.255. The molecule has 0 aliphatic carbocycles. The molecule has 0 fully saturated rings. The number of nitrogens with zero attached hydrogens (tertiary/aromatic N) is 1. The molecule has 0 aromatic heterocycles. The zero-order valence-electron chi connectivity index (χ0n) is 4.84. The Morgan fingerprint density at radius 3 is 2.38 bits per heavy atom. The maximum Gasteiger partial charge on any atom is 0.201 e. The molecule has 0 aromatic carbocycles. The molecule has 0 saturated carbocycles. The van der Waals surface area contributed by atoms with E-state index < -0.39 is 6.10 Å². The van der Waals surface area contributed by atoms with Crippen molar-refractivity contribution in [1.29, 1.82) is 5.26 Å². The molecule has 0 heterocycles. The van der Waals surface area contributed by atoms with Gasteiger partial charge < -0.3 is 4.74 Å². The number of nitriles is 1. The van der Waals surface area contributed by atoms with Crippen LogP contribution < -0.4 is 0 Å². The van der Waals surface area contributed by atoms with Crippen LogP contribution in [0.2, 0.25) is 0 Å². The van der Waals surface area contributed by atoms with Gasteiger partial charge in [-0.1, -0.05) is 0 Å². The largest absolute Gasteiger partial charge is 0.359 e. The summed E-state index contributed by atoms with van der Waals surface area (Å²) in [5, 5.41) is 8.10. The highest BCUT2D eigenvalue weighted by Gasteiger charge is 2.08. The lowest BCUT2D eigenvalue weighted by Crippen LogP contribution is -2.16. The first-order valence-corrected chi connectivity index (χ1v) is 2.15. The predicted octanol–water partition coefficient (Wildman–Crippen LogP) is 0.114. The van der Waals surface area contributed by atoms with Crippen LogP contribution in [0.5, 0.6) is 0 Å². The molecular formula is C5H7NO2. The van der Waals surface area contributed by atoms with Gasteiger partial charge in [-0.25, -0.2) is 0 Å². The van der Waals surface area contributed by atoms with Gasteiger partial charge in [0, 0.05) is 7.11 Å². The summed E-state index contributed by atoms with van der Waals surface area (Å²) < 4.78 is 4.45. The Morgan fingerprint density at radius 2 is 2.38 bits per heavy atom. The third-order valence-electron chi connectivity index (χ3n) is 0.722. The number of methoxy groups -OCH3 is 1. The summed E-state index contributed by atoms with van der Waals surface area (Å²) in [4.78, 5) is 10.3. The van der Waals surface area contributed by atoms with Gasteiger partial charge in [-0.15, -0.1) is 0 Å². The van der Waals surface area contributed by atoms with Gasteiger partial charge in [0.05, 0.1) is 0 Å². The molecule has 0 amide bonds. The molecule has 0 aliphatic rings. The first kappa shape index (κ1) is 7.12. The standard InChI is InChI=1S/C5H7NO2/c1-4(7)5(3-6)8-2/h5H,1-2H3/t5-/m1/s1. The van der Waals surface area contributed by atoms with Crippen LogP contribution in [0.4, 0.5) is 0 Å². The molecule has 44 valence electrons. The third kappa shape index (κ3) is 1.71. The SMILES string of the molecule is CO[C@H](C#N)C(C)=O. The number of ketones is 1. The summed E-state index contributed by atoms with van der Waals surface area (Å²) in [5.41, 5.74) is 0. The first-order valence-electron chi connectivity index (χ1n) is 2.15. The van der Waals surface area contributed by atoms with E-state index >= 15 is 0 Å². The van der Waals surface area contributed by atoms with Gasteiger partial charge in [0.2, 0.25) is 6.10 Å². The highest BCUT2D eigenvalue weighted by atomic mass is 16.5. The van der Waals surface area contributed by atoms with Crippen molar-refractivity contribution in [3.63, 3.8) is 0 Å². The molecule has 3 nitrogen and oxygen atoms in total. The lowest BCUT2D eigenvalue weighted by molar-refractivity contribution is -0.123. The highest BCUT2D eigenvalue weighted by molar-refractivity contribution is 5.82. The maximum atomic E-state index is 10.3. The molecule has 0 aromatic rings. The monoisotopic (exact) mass is 113 g/mol. The average Bonchev–Trinajstić information content (AvgIpc) is 1.69. The van der Waals surface area contributed by atoms with E-state index in [2.05, 4.69) is 4.74 Å². The Balaban J connectivity index is 3.76. The van der Waals surface area contributed by atoms with E-state index in [0.717, 1.165) is 0 Å². The number of rotatable bonds is 2. The van der Waals surface area contributed by atoms with Gasteiger partial charge in [-0.2, -0.15) is 5.26 Å². The van der Waals surface area contributed by atoms with Gasteiger partial charge >= 0.3 is 0 Å². The van der Waals surface area contributed by atoms with E-state index in [1.807, 2.05) is 0 Å². The fraction of sp³-hybridized carbons (Fsp3) is 0.600. The molecule has 8 heavy (non-hydrogen) atoms. The molecule has 0 spiro atoms. The Kier molecular flexibility index (Phi) is 2.82. The molecule has 0 radical (unpaired) electrons. The molecule has 0 rings (SSSR count). The second-order valence-corrected chi connectivity index (χ2v) is 1.36. The molecule has 0 aliphatic heterocycles. The zero-order chi connectivity index (χ0) is 6.57. The fourth-order valence-electron chi connectivity index (χ4n) is 0.310. The smallest absolute Gasteiger partial charge is 0.201 e. The predicted molar refractivity (Wildman–Crippen MR) is 27.1 cm³/mol. The Morgan fingerprint density at radius 1 is 1.88 bits per heavy atom. The van der Waals surface area contributed by atoms with Crippen molar-refractivity contribution in [2.24, 2.45) is 0 Å². The van der Waals surface area contributed by atoms with Crippen molar-refractivity contribution in [3.05, 3.63) is 0 Å². The number of hydrogen-bond donors (Lipinski definition) is 0. The number of hydrogen-bond acceptors (Lipinski definition) is 3. The van der Waals surface area contributed by atoms with Crippen molar-refractivity contribution < 1.29 is 9.53 Å². The number of carbonyl (C=O) groups excluding carboxylic acids is 1. The first-order chi connectivity index (χ1) is 3.72. The zero-order valence-corrected chi connectivity index (χ0v) is 4.84. The van der Waals surface area contributed by atoms with Gasteiger partial charge in [-0.3, -0.25) is 4.79 Å². The van der Waals surface area contributed by atoms with Crippen molar-refractivity contribution in [1.82, 2.24) is 0 Å². The minimum atomic E-state index is -0.880. The Labute approximate surface area is 47.9 Å². The van der Waals surface area contributed by atoms with E-state index in [-0.39, 0.29) is 5.78 Å². The average molecular weight is 113 g/mol.